The van der Waals surface area contributed by atoms with Crippen molar-refractivity contribution < 1.29 is 18.7 Å². The number of benzene rings is 2. The van der Waals surface area contributed by atoms with E-state index in [0.29, 0.717) is 17.1 Å². The van der Waals surface area contributed by atoms with Crippen molar-refractivity contribution in [2.45, 2.75) is 13.8 Å². The summed E-state index contributed by atoms with van der Waals surface area (Å²) >= 11 is 0. The molecule has 7 heteroatoms. The highest BCUT2D eigenvalue weighted by molar-refractivity contribution is 5.97. The molecule has 1 aromatic heterocycles. The summed E-state index contributed by atoms with van der Waals surface area (Å²) in [7, 11) is 3.03. The third-order valence-electron chi connectivity index (χ3n) is 4.58. The predicted molar refractivity (Wildman–Crippen MR) is 110 cm³/mol. The van der Waals surface area contributed by atoms with Crippen LogP contribution in [0.4, 0.5) is 4.39 Å². The molecule has 150 valence electrons. The van der Waals surface area contributed by atoms with Gasteiger partial charge in [0.05, 0.1) is 26.0 Å². The number of hydrogen-bond donors (Lipinski definition) is 1. The van der Waals surface area contributed by atoms with Gasteiger partial charge in [-0.1, -0.05) is 0 Å². The SMILES string of the molecule is COc1ccc(C(=O)NN=Cc2cc(C)n(-c3ccc(F)cc3)c2C)c(OC)c1. The molecule has 6 nitrogen and oxygen atoms in total. The minimum atomic E-state index is -0.395. The van der Waals surface area contributed by atoms with Gasteiger partial charge in [-0.2, -0.15) is 5.10 Å². The molecule has 0 saturated heterocycles. The molecule has 0 aliphatic carbocycles. The quantitative estimate of drug-likeness (QED) is 0.507. The number of nitrogens with one attached hydrogen (secondary N) is 1. The molecule has 1 heterocycles. The number of rotatable bonds is 6. The van der Waals surface area contributed by atoms with Crippen molar-refractivity contribution in [1.82, 2.24) is 9.99 Å². The van der Waals surface area contributed by atoms with Gasteiger partial charge >= 0.3 is 0 Å². The van der Waals surface area contributed by atoms with E-state index in [0.717, 1.165) is 22.6 Å². The Bertz CT molecular complexity index is 1060. The molecule has 29 heavy (non-hydrogen) atoms. The fraction of sp³-hybridized carbons (Fsp3) is 0.182. The first-order valence-electron chi connectivity index (χ1n) is 8.95. The number of amides is 1. The Morgan fingerprint density at radius 1 is 1.07 bits per heavy atom. The van der Waals surface area contributed by atoms with Crippen LogP contribution in [0.2, 0.25) is 0 Å². The summed E-state index contributed by atoms with van der Waals surface area (Å²) in [6, 6.07) is 13.1. The van der Waals surface area contributed by atoms with Gasteiger partial charge < -0.3 is 14.0 Å². The van der Waals surface area contributed by atoms with Crippen LogP contribution in [0.3, 0.4) is 0 Å². The van der Waals surface area contributed by atoms with E-state index in [1.54, 1.807) is 43.7 Å². The lowest BCUT2D eigenvalue weighted by Gasteiger charge is -2.09. The lowest BCUT2D eigenvalue weighted by Crippen LogP contribution is -2.18. The molecule has 1 amide bonds. The maximum atomic E-state index is 13.2. The minimum Gasteiger partial charge on any atom is -0.497 e. The maximum absolute atomic E-state index is 13.2. The Labute approximate surface area is 168 Å². The Morgan fingerprint density at radius 2 is 1.79 bits per heavy atom. The first-order valence-corrected chi connectivity index (χ1v) is 8.95. The van der Waals surface area contributed by atoms with Crippen LogP contribution in [0.1, 0.15) is 27.3 Å². The number of halogens is 1. The minimum absolute atomic E-state index is 0.283. The van der Waals surface area contributed by atoms with Crippen LogP contribution < -0.4 is 14.9 Å². The molecular formula is C22H22FN3O3. The average Bonchev–Trinajstić information content (AvgIpc) is 3.01. The van der Waals surface area contributed by atoms with Crippen LogP contribution >= 0.6 is 0 Å². The zero-order chi connectivity index (χ0) is 21.0. The summed E-state index contributed by atoms with van der Waals surface area (Å²) in [6.07, 6.45) is 1.58. The monoisotopic (exact) mass is 395 g/mol. The molecule has 0 fully saturated rings. The largest absolute Gasteiger partial charge is 0.497 e. The van der Waals surface area contributed by atoms with Crippen LogP contribution in [-0.2, 0) is 0 Å². The second-order valence-corrected chi connectivity index (χ2v) is 6.40. The van der Waals surface area contributed by atoms with E-state index in [-0.39, 0.29) is 5.82 Å². The van der Waals surface area contributed by atoms with E-state index in [4.69, 9.17) is 9.47 Å². The zero-order valence-corrected chi connectivity index (χ0v) is 16.7. The van der Waals surface area contributed by atoms with Gasteiger partial charge in [-0.3, -0.25) is 4.79 Å². The summed E-state index contributed by atoms with van der Waals surface area (Å²) in [6.45, 7) is 3.89. The third-order valence-corrected chi connectivity index (χ3v) is 4.58. The molecule has 0 atom stereocenters. The number of aryl methyl sites for hydroxylation is 1. The van der Waals surface area contributed by atoms with Gasteiger partial charge in [-0.25, -0.2) is 9.82 Å². The summed E-state index contributed by atoms with van der Waals surface area (Å²) in [5, 5.41) is 4.07. The fourth-order valence-corrected chi connectivity index (χ4v) is 3.11. The molecule has 0 spiro atoms. The smallest absolute Gasteiger partial charge is 0.275 e. The van der Waals surface area contributed by atoms with Crippen LogP contribution in [0.25, 0.3) is 5.69 Å². The van der Waals surface area contributed by atoms with Crippen molar-refractivity contribution in [3.8, 4) is 17.2 Å². The highest BCUT2D eigenvalue weighted by atomic mass is 19.1. The van der Waals surface area contributed by atoms with Gasteiger partial charge in [0.2, 0.25) is 0 Å². The number of hydrogen-bond acceptors (Lipinski definition) is 4. The molecule has 3 aromatic rings. The Kier molecular flexibility index (Phi) is 5.97. The average molecular weight is 395 g/mol. The van der Waals surface area contributed by atoms with E-state index in [2.05, 4.69) is 10.5 Å². The zero-order valence-electron chi connectivity index (χ0n) is 16.7. The van der Waals surface area contributed by atoms with Crippen molar-refractivity contribution >= 4 is 12.1 Å². The number of nitrogens with zero attached hydrogens (tertiary/aromatic N) is 2. The summed E-state index contributed by atoms with van der Waals surface area (Å²) in [5.41, 5.74) is 6.46. The Hall–Kier alpha value is -3.61. The Morgan fingerprint density at radius 3 is 2.45 bits per heavy atom. The molecule has 2 aromatic carbocycles. The number of aromatic nitrogens is 1. The first-order chi connectivity index (χ1) is 13.9. The van der Waals surface area contributed by atoms with E-state index in [1.165, 1.54) is 19.2 Å². The van der Waals surface area contributed by atoms with Crippen molar-refractivity contribution in [3.05, 3.63) is 76.9 Å². The summed E-state index contributed by atoms with van der Waals surface area (Å²) in [5.74, 6) is 0.310. The lowest BCUT2D eigenvalue weighted by atomic mass is 10.2. The van der Waals surface area contributed by atoms with Gasteiger partial charge in [0.25, 0.3) is 5.91 Å². The molecule has 0 saturated carbocycles. The van der Waals surface area contributed by atoms with Gasteiger partial charge in [0, 0.05) is 28.7 Å². The van der Waals surface area contributed by atoms with Crippen LogP contribution in [-0.4, -0.2) is 30.9 Å². The molecule has 0 aliphatic heterocycles. The second-order valence-electron chi connectivity index (χ2n) is 6.40. The van der Waals surface area contributed by atoms with E-state index in [9.17, 15) is 9.18 Å². The summed E-state index contributed by atoms with van der Waals surface area (Å²) < 4.78 is 25.6. The van der Waals surface area contributed by atoms with Gasteiger partial charge in [-0.05, 0) is 56.3 Å². The molecular weight excluding hydrogens is 373 g/mol. The molecule has 0 bridgehead atoms. The van der Waals surface area contributed by atoms with Crippen molar-refractivity contribution in [1.29, 1.82) is 0 Å². The van der Waals surface area contributed by atoms with Gasteiger partial charge in [0.1, 0.15) is 17.3 Å². The molecule has 1 N–H and O–H groups in total. The van der Waals surface area contributed by atoms with E-state index >= 15 is 0 Å². The van der Waals surface area contributed by atoms with E-state index < -0.39 is 5.91 Å². The number of methoxy groups -OCH3 is 2. The Balaban J connectivity index is 1.78. The second kappa shape index (κ2) is 8.60. The third kappa shape index (κ3) is 4.29. The summed E-state index contributed by atoms with van der Waals surface area (Å²) in [4.78, 5) is 12.4. The molecule has 3 rings (SSSR count). The molecule has 0 radical (unpaired) electrons. The number of ether oxygens (including phenoxy) is 2. The highest BCUT2D eigenvalue weighted by Crippen LogP contribution is 2.24. The maximum Gasteiger partial charge on any atom is 0.275 e. The number of carbonyl (C=O) groups excluding carboxylic acids is 1. The van der Waals surface area contributed by atoms with Crippen LogP contribution in [0, 0.1) is 19.7 Å². The normalized spacial score (nSPS) is 10.9. The molecule has 0 unspecified atom stereocenters. The molecule has 0 aliphatic rings. The van der Waals surface area contributed by atoms with Crippen molar-refractivity contribution in [3.63, 3.8) is 0 Å². The van der Waals surface area contributed by atoms with Gasteiger partial charge in [-0.15, -0.1) is 0 Å². The van der Waals surface area contributed by atoms with Gasteiger partial charge in [0.15, 0.2) is 0 Å². The van der Waals surface area contributed by atoms with Crippen molar-refractivity contribution in [2.24, 2.45) is 5.10 Å². The highest BCUT2D eigenvalue weighted by Gasteiger charge is 2.13. The number of hydrazone groups is 1. The van der Waals surface area contributed by atoms with Crippen molar-refractivity contribution in [2.75, 3.05) is 14.2 Å². The predicted octanol–water partition coefficient (Wildman–Crippen LogP) is 4.01. The standard InChI is InChI=1S/C22H22FN3O3/c1-14-11-16(15(2)26(14)18-7-5-17(23)6-8-18)13-24-25-22(27)20-10-9-19(28-3)12-21(20)29-4/h5-13H,1-4H3,(H,25,27). The topological polar surface area (TPSA) is 64.8 Å². The van der Waals surface area contributed by atoms with E-state index in [1.807, 2.05) is 24.5 Å². The lowest BCUT2D eigenvalue weighted by molar-refractivity contribution is 0.0952. The van der Waals surface area contributed by atoms with Crippen LogP contribution in [0.5, 0.6) is 11.5 Å². The number of carbonyl (C=O) groups is 1. The fourth-order valence-electron chi connectivity index (χ4n) is 3.11. The first kappa shape index (κ1) is 20.1. The van der Waals surface area contributed by atoms with Crippen LogP contribution in [0.15, 0.2) is 53.6 Å².